The Morgan fingerprint density at radius 2 is 1.93 bits per heavy atom. The van der Waals surface area contributed by atoms with Gasteiger partial charge in [0, 0.05) is 6.04 Å². The Balaban J connectivity index is 1.62. The predicted molar refractivity (Wildman–Crippen MR) is 106 cm³/mol. The van der Waals surface area contributed by atoms with E-state index in [1.54, 1.807) is 25.1 Å². The first kappa shape index (κ1) is 21.0. The molecule has 3 rings (SSSR count). The molecule has 0 bridgehead atoms. The number of nitrogens with zero attached hydrogens (tertiary/aromatic N) is 1. The first-order valence-electron chi connectivity index (χ1n) is 10.0. The van der Waals surface area contributed by atoms with Gasteiger partial charge in [-0.2, -0.15) is 0 Å². The van der Waals surface area contributed by atoms with Crippen LogP contribution in [0.15, 0.2) is 18.2 Å². The molecular weight excluding hydrogens is 374 g/mol. The fourth-order valence-electron chi connectivity index (χ4n) is 3.61. The number of amides is 4. The van der Waals surface area contributed by atoms with Crippen LogP contribution in [0.3, 0.4) is 0 Å². The monoisotopic (exact) mass is 403 g/mol. The summed E-state index contributed by atoms with van der Waals surface area (Å²) >= 11 is 0. The summed E-state index contributed by atoms with van der Waals surface area (Å²) in [5.74, 6) is 0.927. The molecule has 1 aromatic carbocycles. The molecule has 2 aliphatic rings. The van der Waals surface area contributed by atoms with E-state index in [2.05, 4.69) is 24.5 Å². The van der Waals surface area contributed by atoms with Gasteiger partial charge in [0.2, 0.25) is 12.7 Å². The minimum Gasteiger partial charge on any atom is -0.454 e. The molecule has 0 aromatic heterocycles. The lowest BCUT2D eigenvalue weighted by atomic mass is 9.91. The van der Waals surface area contributed by atoms with E-state index >= 15 is 0 Å². The van der Waals surface area contributed by atoms with Crippen LogP contribution in [0.2, 0.25) is 0 Å². The topological polar surface area (TPSA) is 97.0 Å². The molecule has 1 saturated heterocycles. The van der Waals surface area contributed by atoms with Crippen LogP contribution in [-0.4, -0.2) is 42.1 Å². The van der Waals surface area contributed by atoms with E-state index in [0.717, 1.165) is 24.2 Å². The van der Waals surface area contributed by atoms with E-state index in [4.69, 9.17) is 9.47 Å². The molecule has 2 atom stereocenters. The third-order valence-corrected chi connectivity index (χ3v) is 5.35. The smallest absolute Gasteiger partial charge is 0.325 e. The average molecular weight is 403 g/mol. The van der Waals surface area contributed by atoms with Gasteiger partial charge >= 0.3 is 6.03 Å². The largest absolute Gasteiger partial charge is 0.454 e. The van der Waals surface area contributed by atoms with Crippen molar-refractivity contribution in [2.24, 2.45) is 5.92 Å². The third-order valence-electron chi connectivity index (χ3n) is 5.35. The highest BCUT2D eigenvalue weighted by Gasteiger charge is 2.49. The number of ether oxygens (including phenoxy) is 2. The Morgan fingerprint density at radius 3 is 2.66 bits per heavy atom. The van der Waals surface area contributed by atoms with Crippen LogP contribution >= 0.6 is 0 Å². The number of hydrogen-bond donors (Lipinski definition) is 2. The van der Waals surface area contributed by atoms with Crippen LogP contribution in [0.4, 0.5) is 4.79 Å². The molecule has 0 saturated carbocycles. The highest BCUT2D eigenvalue weighted by Crippen LogP contribution is 2.37. The van der Waals surface area contributed by atoms with Gasteiger partial charge in [0.1, 0.15) is 12.1 Å². The summed E-state index contributed by atoms with van der Waals surface area (Å²) in [6.45, 7) is 7.70. The maximum Gasteiger partial charge on any atom is 0.325 e. The van der Waals surface area contributed by atoms with Crippen LogP contribution in [0.25, 0.3) is 0 Å². The molecule has 2 heterocycles. The van der Waals surface area contributed by atoms with Crippen molar-refractivity contribution >= 4 is 17.8 Å². The summed E-state index contributed by atoms with van der Waals surface area (Å²) in [6, 6.07) is 4.50. The van der Waals surface area contributed by atoms with Gasteiger partial charge in [0.05, 0.1) is 0 Å². The second-order valence-electron chi connectivity index (χ2n) is 8.31. The van der Waals surface area contributed by atoms with Crippen LogP contribution in [0, 0.1) is 5.92 Å². The van der Waals surface area contributed by atoms with Gasteiger partial charge in [-0.25, -0.2) is 4.79 Å². The van der Waals surface area contributed by atoms with Gasteiger partial charge in [-0.15, -0.1) is 0 Å². The van der Waals surface area contributed by atoms with E-state index in [-0.39, 0.29) is 25.3 Å². The van der Waals surface area contributed by atoms with Crippen LogP contribution in [0.5, 0.6) is 11.5 Å². The number of carbonyl (C=O) groups is 3. The van der Waals surface area contributed by atoms with Crippen molar-refractivity contribution in [3.63, 3.8) is 0 Å². The summed E-state index contributed by atoms with van der Waals surface area (Å²) in [7, 11) is 0. The molecule has 29 heavy (non-hydrogen) atoms. The summed E-state index contributed by atoms with van der Waals surface area (Å²) in [6.07, 6.45) is 2.98. The summed E-state index contributed by atoms with van der Waals surface area (Å²) < 4.78 is 10.7. The summed E-state index contributed by atoms with van der Waals surface area (Å²) in [5.41, 5.74) is -0.689. The molecule has 1 aromatic rings. The van der Waals surface area contributed by atoms with E-state index < -0.39 is 17.5 Å². The van der Waals surface area contributed by atoms with Crippen LogP contribution in [-0.2, 0) is 15.1 Å². The molecule has 8 heteroatoms. The lowest BCUT2D eigenvalue weighted by Gasteiger charge is -2.22. The fourth-order valence-corrected chi connectivity index (χ4v) is 3.61. The highest BCUT2D eigenvalue weighted by molar-refractivity contribution is 6.09. The third kappa shape index (κ3) is 4.46. The number of nitrogens with one attached hydrogen (secondary N) is 2. The first-order valence-corrected chi connectivity index (χ1v) is 10.0. The van der Waals surface area contributed by atoms with Crippen molar-refractivity contribution in [1.29, 1.82) is 0 Å². The minimum absolute atomic E-state index is 0.0118. The molecule has 8 nitrogen and oxygen atoms in total. The number of carbonyl (C=O) groups excluding carboxylic acids is 3. The lowest BCUT2D eigenvalue weighted by molar-refractivity contribution is -0.135. The second-order valence-corrected chi connectivity index (χ2v) is 8.31. The summed E-state index contributed by atoms with van der Waals surface area (Å²) in [4.78, 5) is 38.8. The Kier molecular flexibility index (Phi) is 6.00. The Morgan fingerprint density at radius 1 is 1.21 bits per heavy atom. The van der Waals surface area contributed by atoms with Gasteiger partial charge in [-0.05, 0) is 43.9 Å². The molecule has 4 amide bonds. The van der Waals surface area contributed by atoms with Gasteiger partial charge in [-0.1, -0.05) is 32.8 Å². The number of fused-ring (bicyclic) bond motifs is 1. The Bertz CT molecular complexity index is 810. The molecule has 2 aliphatic heterocycles. The first-order chi connectivity index (χ1) is 13.7. The fraction of sp³-hybridized carbons (Fsp3) is 0.571. The number of imide groups is 1. The van der Waals surface area contributed by atoms with Crippen molar-refractivity contribution in [1.82, 2.24) is 15.5 Å². The van der Waals surface area contributed by atoms with Gasteiger partial charge in [-0.3, -0.25) is 14.5 Å². The zero-order chi connectivity index (χ0) is 21.2. The van der Waals surface area contributed by atoms with Gasteiger partial charge in [0.15, 0.2) is 11.5 Å². The molecule has 158 valence electrons. The van der Waals surface area contributed by atoms with Crippen LogP contribution < -0.4 is 20.1 Å². The highest BCUT2D eigenvalue weighted by atomic mass is 16.7. The molecule has 0 radical (unpaired) electrons. The SMILES string of the molecule is CC(C)CCC[C@H](C)NC(=O)CN1C(=O)N[C@](C)(c2ccc3c(c2)OCO3)C1=O. The van der Waals surface area contributed by atoms with E-state index in [0.29, 0.717) is 23.0 Å². The quantitative estimate of drug-likeness (QED) is 0.650. The summed E-state index contributed by atoms with van der Waals surface area (Å²) in [5, 5.41) is 5.58. The van der Waals surface area contributed by atoms with Crippen molar-refractivity contribution in [2.75, 3.05) is 13.3 Å². The number of urea groups is 1. The van der Waals surface area contributed by atoms with Crippen molar-refractivity contribution < 1.29 is 23.9 Å². The zero-order valence-electron chi connectivity index (χ0n) is 17.4. The van der Waals surface area contributed by atoms with E-state index in [1.807, 2.05) is 6.92 Å². The average Bonchev–Trinajstić information content (AvgIpc) is 3.19. The normalized spacial score (nSPS) is 21.5. The maximum atomic E-state index is 13.0. The zero-order valence-corrected chi connectivity index (χ0v) is 17.4. The van der Waals surface area contributed by atoms with Crippen molar-refractivity contribution in [3.8, 4) is 11.5 Å². The minimum atomic E-state index is -1.26. The molecular formula is C21H29N3O5. The molecule has 0 unspecified atom stereocenters. The number of hydrogen-bond acceptors (Lipinski definition) is 5. The number of benzene rings is 1. The van der Waals surface area contributed by atoms with Crippen LogP contribution in [0.1, 0.15) is 52.5 Å². The Labute approximate surface area is 170 Å². The lowest BCUT2D eigenvalue weighted by Crippen LogP contribution is -2.45. The van der Waals surface area contributed by atoms with E-state index in [1.165, 1.54) is 0 Å². The maximum absolute atomic E-state index is 13.0. The molecule has 0 aliphatic carbocycles. The molecule has 0 spiro atoms. The van der Waals surface area contributed by atoms with Gasteiger partial charge < -0.3 is 20.1 Å². The predicted octanol–water partition coefficient (Wildman–Crippen LogP) is 2.51. The van der Waals surface area contributed by atoms with Gasteiger partial charge in [0.25, 0.3) is 5.91 Å². The van der Waals surface area contributed by atoms with Crippen molar-refractivity contribution in [3.05, 3.63) is 23.8 Å². The van der Waals surface area contributed by atoms with Crippen molar-refractivity contribution in [2.45, 2.75) is 58.5 Å². The van der Waals surface area contributed by atoms with E-state index in [9.17, 15) is 14.4 Å². The molecule has 1 fully saturated rings. The Hall–Kier alpha value is -2.77. The molecule has 2 N–H and O–H groups in total. The standard InChI is InChI=1S/C21H29N3O5/c1-13(2)6-5-7-14(3)22-18(25)11-24-19(26)21(4,23-20(24)27)15-8-9-16-17(10-15)29-12-28-16/h8-10,13-14H,5-7,11-12H2,1-4H3,(H,22,25)(H,23,27)/t14-,21+/m0/s1. The number of rotatable bonds is 8. The second kappa shape index (κ2) is 8.31.